The van der Waals surface area contributed by atoms with Crippen molar-refractivity contribution in [2.45, 2.75) is 39.2 Å². The zero-order valence-electron chi connectivity index (χ0n) is 11.2. The van der Waals surface area contributed by atoms with Crippen molar-refractivity contribution in [3.8, 4) is 0 Å². The van der Waals surface area contributed by atoms with Gasteiger partial charge in [-0.15, -0.1) is 0 Å². The minimum absolute atomic E-state index is 0.00803. The summed E-state index contributed by atoms with van der Waals surface area (Å²) >= 11 is 0. The van der Waals surface area contributed by atoms with Crippen molar-refractivity contribution < 1.29 is 0 Å². The average molecular weight is 236 g/mol. The van der Waals surface area contributed by atoms with Crippen LogP contribution in [-0.2, 0) is 12.0 Å². The number of H-pyrrole nitrogens is 1. The van der Waals surface area contributed by atoms with Crippen molar-refractivity contribution in [1.29, 1.82) is 0 Å². The third kappa shape index (κ3) is 2.69. The Morgan fingerprint density at radius 1 is 1.35 bits per heavy atom. The summed E-state index contributed by atoms with van der Waals surface area (Å²) in [6, 6.07) is 0. The number of piperazine rings is 1. The predicted octanol–water partition coefficient (Wildman–Crippen LogP) is 1.50. The topological polar surface area (TPSA) is 44.0 Å². The Balaban J connectivity index is 2.11. The van der Waals surface area contributed by atoms with Gasteiger partial charge in [-0.05, 0) is 20.3 Å². The van der Waals surface area contributed by atoms with Crippen LogP contribution in [-0.4, -0.2) is 41.0 Å². The molecule has 1 aromatic rings. The molecule has 0 bridgehead atoms. The third-order valence-corrected chi connectivity index (χ3v) is 3.63. The van der Waals surface area contributed by atoms with E-state index in [2.05, 4.69) is 41.0 Å². The van der Waals surface area contributed by atoms with Crippen molar-refractivity contribution in [3.63, 3.8) is 0 Å². The van der Waals surface area contributed by atoms with Crippen LogP contribution in [0, 0.1) is 0 Å². The van der Waals surface area contributed by atoms with E-state index in [-0.39, 0.29) is 5.54 Å². The van der Waals surface area contributed by atoms with Gasteiger partial charge in [-0.3, -0.25) is 4.90 Å². The molecule has 0 spiro atoms. The molecule has 0 unspecified atom stereocenters. The Morgan fingerprint density at radius 3 is 2.71 bits per heavy atom. The second-order valence-corrected chi connectivity index (χ2v) is 5.30. The van der Waals surface area contributed by atoms with Crippen molar-refractivity contribution in [2.75, 3.05) is 26.2 Å². The molecule has 2 N–H and O–H groups in total. The summed E-state index contributed by atoms with van der Waals surface area (Å²) in [5, 5.41) is 3.39. The minimum atomic E-state index is 0.00803. The van der Waals surface area contributed by atoms with E-state index in [1.807, 2.05) is 6.20 Å². The molecular weight excluding hydrogens is 212 g/mol. The summed E-state index contributed by atoms with van der Waals surface area (Å²) in [7, 11) is 0. The monoisotopic (exact) mass is 236 g/mol. The first-order valence-electron chi connectivity index (χ1n) is 6.64. The second-order valence-electron chi connectivity index (χ2n) is 5.30. The molecule has 4 nitrogen and oxygen atoms in total. The van der Waals surface area contributed by atoms with Crippen molar-refractivity contribution in [1.82, 2.24) is 20.2 Å². The van der Waals surface area contributed by atoms with E-state index in [9.17, 15) is 0 Å². The fraction of sp³-hybridized carbons (Fsp3) is 0.769. The molecule has 0 atom stereocenters. The van der Waals surface area contributed by atoms with Crippen LogP contribution < -0.4 is 5.32 Å². The van der Waals surface area contributed by atoms with Crippen LogP contribution in [0.5, 0.6) is 0 Å². The number of rotatable bonds is 4. The molecule has 0 aliphatic carbocycles. The smallest absolute Gasteiger partial charge is 0.126 e. The molecule has 2 rings (SSSR count). The number of nitrogens with one attached hydrogen (secondary N) is 2. The van der Waals surface area contributed by atoms with E-state index < -0.39 is 0 Å². The molecule has 0 aromatic carbocycles. The maximum Gasteiger partial charge on any atom is 0.126 e. The summed E-state index contributed by atoms with van der Waals surface area (Å²) in [5.74, 6) is 1.10. The first-order chi connectivity index (χ1) is 8.14. The highest BCUT2D eigenvalue weighted by Gasteiger charge is 2.32. The van der Waals surface area contributed by atoms with Gasteiger partial charge < -0.3 is 10.3 Å². The van der Waals surface area contributed by atoms with Gasteiger partial charge in [0.2, 0.25) is 0 Å². The van der Waals surface area contributed by atoms with Gasteiger partial charge in [-0.2, -0.15) is 0 Å². The Hall–Kier alpha value is -0.870. The second kappa shape index (κ2) is 5.19. The highest BCUT2D eigenvalue weighted by molar-refractivity contribution is 5.10. The van der Waals surface area contributed by atoms with Crippen LogP contribution in [0.25, 0.3) is 0 Å². The zero-order valence-corrected chi connectivity index (χ0v) is 11.2. The van der Waals surface area contributed by atoms with E-state index in [0.29, 0.717) is 0 Å². The van der Waals surface area contributed by atoms with Crippen molar-refractivity contribution >= 4 is 0 Å². The summed E-state index contributed by atoms with van der Waals surface area (Å²) in [6.45, 7) is 11.0. The van der Waals surface area contributed by atoms with Gasteiger partial charge in [0.05, 0.1) is 5.54 Å². The van der Waals surface area contributed by atoms with Crippen molar-refractivity contribution in [3.05, 3.63) is 17.7 Å². The number of aromatic nitrogens is 2. The molecule has 0 radical (unpaired) electrons. The number of aromatic amines is 1. The predicted molar refractivity (Wildman–Crippen MR) is 70.1 cm³/mol. The SMILES string of the molecule is CCCc1cnc(C(C)(C)N2CCNCC2)[nH]1. The summed E-state index contributed by atoms with van der Waals surface area (Å²) in [6.07, 6.45) is 4.24. The first-order valence-corrected chi connectivity index (χ1v) is 6.64. The largest absolute Gasteiger partial charge is 0.344 e. The molecule has 1 fully saturated rings. The lowest BCUT2D eigenvalue weighted by molar-refractivity contribution is 0.0955. The molecule has 1 aliphatic heterocycles. The Kier molecular flexibility index (Phi) is 3.84. The summed E-state index contributed by atoms with van der Waals surface area (Å²) in [4.78, 5) is 10.5. The maximum absolute atomic E-state index is 4.56. The fourth-order valence-corrected chi connectivity index (χ4v) is 2.44. The van der Waals surface area contributed by atoms with Gasteiger partial charge in [-0.1, -0.05) is 13.3 Å². The van der Waals surface area contributed by atoms with Gasteiger partial charge in [-0.25, -0.2) is 4.98 Å². The standard InChI is InChI=1S/C13H24N4/c1-4-5-11-10-15-12(16-11)13(2,3)17-8-6-14-7-9-17/h10,14H,4-9H2,1-3H3,(H,15,16). The van der Waals surface area contributed by atoms with E-state index in [1.54, 1.807) is 0 Å². The minimum Gasteiger partial charge on any atom is -0.344 e. The first kappa shape index (κ1) is 12.6. The van der Waals surface area contributed by atoms with E-state index in [1.165, 1.54) is 5.69 Å². The van der Waals surface area contributed by atoms with Crippen LogP contribution in [0.2, 0.25) is 0 Å². The zero-order chi connectivity index (χ0) is 12.3. The maximum atomic E-state index is 4.56. The molecule has 0 amide bonds. The highest BCUT2D eigenvalue weighted by atomic mass is 15.3. The third-order valence-electron chi connectivity index (χ3n) is 3.63. The highest BCUT2D eigenvalue weighted by Crippen LogP contribution is 2.25. The lowest BCUT2D eigenvalue weighted by Gasteiger charge is -2.39. The number of imidazole rings is 1. The number of hydrogen-bond acceptors (Lipinski definition) is 3. The molecule has 1 saturated heterocycles. The van der Waals surface area contributed by atoms with E-state index in [0.717, 1.165) is 44.8 Å². The number of hydrogen-bond donors (Lipinski definition) is 2. The van der Waals surface area contributed by atoms with Crippen LogP contribution in [0.4, 0.5) is 0 Å². The van der Waals surface area contributed by atoms with Gasteiger partial charge in [0.15, 0.2) is 0 Å². The number of nitrogens with zero attached hydrogens (tertiary/aromatic N) is 2. The lowest BCUT2D eigenvalue weighted by atomic mass is 10.0. The lowest BCUT2D eigenvalue weighted by Crippen LogP contribution is -2.52. The van der Waals surface area contributed by atoms with Gasteiger partial charge in [0.1, 0.15) is 5.82 Å². The van der Waals surface area contributed by atoms with Crippen LogP contribution in [0.15, 0.2) is 6.20 Å². The van der Waals surface area contributed by atoms with Gasteiger partial charge in [0.25, 0.3) is 0 Å². The molecule has 1 aromatic heterocycles. The van der Waals surface area contributed by atoms with Crippen LogP contribution >= 0.6 is 0 Å². The van der Waals surface area contributed by atoms with E-state index in [4.69, 9.17) is 0 Å². The number of aryl methyl sites for hydroxylation is 1. The Labute approximate surface area is 104 Å². The van der Waals surface area contributed by atoms with Gasteiger partial charge >= 0.3 is 0 Å². The molecule has 1 aliphatic rings. The quantitative estimate of drug-likeness (QED) is 0.832. The average Bonchev–Trinajstić information content (AvgIpc) is 2.80. The van der Waals surface area contributed by atoms with Crippen molar-refractivity contribution in [2.24, 2.45) is 0 Å². The molecule has 17 heavy (non-hydrogen) atoms. The van der Waals surface area contributed by atoms with Gasteiger partial charge in [0, 0.05) is 38.1 Å². The Bertz CT molecular complexity index is 350. The van der Waals surface area contributed by atoms with Crippen LogP contribution in [0.1, 0.15) is 38.7 Å². The van der Waals surface area contributed by atoms with Crippen LogP contribution in [0.3, 0.4) is 0 Å². The summed E-state index contributed by atoms with van der Waals surface area (Å²) in [5.41, 5.74) is 1.26. The molecule has 96 valence electrons. The molecular formula is C13H24N4. The van der Waals surface area contributed by atoms with E-state index >= 15 is 0 Å². The Morgan fingerprint density at radius 2 is 2.06 bits per heavy atom. The molecule has 0 saturated carbocycles. The fourth-order valence-electron chi connectivity index (χ4n) is 2.44. The molecule has 4 heteroatoms. The molecule has 2 heterocycles. The normalized spacial score (nSPS) is 18.5. The summed E-state index contributed by atoms with van der Waals surface area (Å²) < 4.78 is 0.